The maximum Gasteiger partial charge on any atom is 0.253 e. The zero-order valence-electron chi connectivity index (χ0n) is 9.37. The van der Waals surface area contributed by atoms with Crippen LogP contribution in [0.3, 0.4) is 0 Å². The second-order valence-electron chi connectivity index (χ2n) is 4.18. The highest BCUT2D eigenvalue weighted by Gasteiger charge is 2.30. The van der Waals surface area contributed by atoms with E-state index in [1.165, 1.54) is 18.2 Å². The molecule has 0 spiro atoms. The first kappa shape index (κ1) is 12.5. The van der Waals surface area contributed by atoms with Crippen LogP contribution in [0.15, 0.2) is 22.7 Å². The molecule has 1 aliphatic heterocycles. The first-order valence-electron chi connectivity index (χ1n) is 5.45. The van der Waals surface area contributed by atoms with Gasteiger partial charge in [-0.3, -0.25) is 4.79 Å². The first-order valence-corrected chi connectivity index (χ1v) is 6.25. The second-order valence-corrected chi connectivity index (χ2v) is 5.03. The number of carbonyl (C=O) groups excluding carboxylic acids is 1. The van der Waals surface area contributed by atoms with Crippen molar-refractivity contribution < 1.29 is 13.9 Å². The van der Waals surface area contributed by atoms with E-state index in [1.807, 2.05) is 6.92 Å². The summed E-state index contributed by atoms with van der Waals surface area (Å²) in [6, 6.07) is 4.36. The molecule has 2 unspecified atom stereocenters. The average Bonchev–Trinajstić information content (AvgIpc) is 2.70. The van der Waals surface area contributed by atoms with Crippen LogP contribution >= 0.6 is 15.9 Å². The molecule has 1 aliphatic rings. The van der Waals surface area contributed by atoms with E-state index in [4.69, 9.17) is 4.74 Å². The number of amides is 1. The van der Waals surface area contributed by atoms with Crippen LogP contribution in [0.5, 0.6) is 0 Å². The van der Waals surface area contributed by atoms with E-state index in [2.05, 4.69) is 21.2 Å². The van der Waals surface area contributed by atoms with Crippen molar-refractivity contribution in [1.29, 1.82) is 0 Å². The van der Waals surface area contributed by atoms with E-state index in [0.29, 0.717) is 16.8 Å². The number of carbonyl (C=O) groups is 1. The van der Waals surface area contributed by atoms with E-state index in [9.17, 15) is 9.18 Å². The topological polar surface area (TPSA) is 38.3 Å². The third-order valence-electron chi connectivity index (χ3n) is 2.83. The zero-order valence-corrected chi connectivity index (χ0v) is 11.0. The van der Waals surface area contributed by atoms with Crippen LogP contribution in [0.2, 0.25) is 0 Å². The van der Waals surface area contributed by atoms with E-state index < -0.39 is 6.10 Å². The Morgan fingerprint density at radius 1 is 1.59 bits per heavy atom. The molecule has 0 saturated carbocycles. The maximum atomic E-state index is 13.0. The Morgan fingerprint density at radius 2 is 2.35 bits per heavy atom. The summed E-state index contributed by atoms with van der Waals surface area (Å²) in [5, 5.41) is 2.72. The lowest BCUT2D eigenvalue weighted by Gasteiger charge is -2.14. The van der Waals surface area contributed by atoms with Crippen LogP contribution in [0.25, 0.3) is 0 Å². The van der Waals surface area contributed by atoms with Gasteiger partial charge in [0.2, 0.25) is 0 Å². The van der Waals surface area contributed by atoms with Crippen molar-refractivity contribution in [3.05, 3.63) is 28.5 Å². The van der Waals surface area contributed by atoms with Crippen LogP contribution in [-0.4, -0.2) is 18.6 Å². The first-order chi connectivity index (χ1) is 8.08. The summed E-state index contributed by atoms with van der Waals surface area (Å²) in [4.78, 5) is 11.9. The fourth-order valence-electron chi connectivity index (χ4n) is 1.82. The Labute approximate surface area is 107 Å². The number of rotatable bonds is 2. The van der Waals surface area contributed by atoms with Crippen molar-refractivity contribution in [2.75, 3.05) is 11.9 Å². The van der Waals surface area contributed by atoms with Gasteiger partial charge in [0.05, 0.1) is 4.47 Å². The van der Waals surface area contributed by atoms with Crippen molar-refractivity contribution in [3.63, 3.8) is 0 Å². The van der Waals surface area contributed by atoms with E-state index in [-0.39, 0.29) is 17.6 Å². The van der Waals surface area contributed by atoms with Crippen LogP contribution < -0.4 is 5.32 Å². The number of nitrogens with one attached hydrogen (secondary N) is 1. The third-order valence-corrected chi connectivity index (χ3v) is 3.44. The quantitative estimate of drug-likeness (QED) is 0.912. The molecule has 1 aromatic carbocycles. The third kappa shape index (κ3) is 2.84. The molecule has 0 aliphatic carbocycles. The van der Waals surface area contributed by atoms with Gasteiger partial charge in [0.1, 0.15) is 11.9 Å². The maximum absolute atomic E-state index is 13.0. The molecule has 0 radical (unpaired) electrons. The van der Waals surface area contributed by atoms with Crippen molar-refractivity contribution in [2.45, 2.75) is 19.4 Å². The lowest BCUT2D eigenvalue weighted by Crippen LogP contribution is -2.31. The van der Waals surface area contributed by atoms with Crippen molar-refractivity contribution in [2.24, 2.45) is 5.92 Å². The van der Waals surface area contributed by atoms with Gasteiger partial charge in [-0.2, -0.15) is 0 Å². The molecule has 1 fully saturated rings. The SMILES string of the molecule is CC1CCOC1C(=O)Nc1ccc(F)c(Br)c1. The number of benzene rings is 1. The van der Waals surface area contributed by atoms with Gasteiger partial charge in [-0.25, -0.2) is 4.39 Å². The number of anilines is 1. The summed E-state index contributed by atoms with van der Waals surface area (Å²) >= 11 is 3.07. The van der Waals surface area contributed by atoms with Gasteiger partial charge in [-0.05, 0) is 46.5 Å². The molecule has 0 aromatic heterocycles. The molecule has 0 bridgehead atoms. The standard InChI is InChI=1S/C12H13BrFNO2/c1-7-4-5-17-11(7)12(16)15-8-2-3-10(14)9(13)6-8/h2-3,6-7,11H,4-5H2,1H3,(H,15,16). The van der Waals surface area contributed by atoms with Gasteiger partial charge < -0.3 is 10.1 Å². The lowest BCUT2D eigenvalue weighted by atomic mass is 10.0. The molecule has 1 aromatic rings. The minimum absolute atomic E-state index is 0.173. The lowest BCUT2D eigenvalue weighted by molar-refractivity contribution is -0.126. The summed E-state index contributed by atoms with van der Waals surface area (Å²) in [6.07, 6.45) is 0.490. The highest BCUT2D eigenvalue weighted by atomic mass is 79.9. The number of hydrogen-bond donors (Lipinski definition) is 1. The Balaban J connectivity index is 2.05. The summed E-state index contributed by atoms with van der Waals surface area (Å²) in [5.74, 6) is -0.305. The summed E-state index contributed by atoms with van der Waals surface area (Å²) in [6.45, 7) is 2.60. The molecule has 17 heavy (non-hydrogen) atoms. The Morgan fingerprint density at radius 3 is 2.94 bits per heavy atom. The molecular weight excluding hydrogens is 289 g/mol. The van der Waals surface area contributed by atoms with Gasteiger partial charge in [-0.1, -0.05) is 6.92 Å². The van der Waals surface area contributed by atoms with Gasteiger partial charge in [0.25, 0.3) is 5.91 Å². The molecule has 1 N–H and O–H groups in total. The van der Waals surface area contributed by atoms with E-state index in [0.717, 1.165) is 6.42 Å². The smallest absolute Gasteiger partial charge is 0.253 e. The zero-order chi connectivity index (χ0) is 12.4. The highest BCUT2D eigenvalue weighted by molar-refractivity contribution is 9.10. The van der Waals surface area contributed by atoms with E-state index in [1.54, 1.807) is 0 Å². The van der Waals surface area contributed by atoms with Crippen molar-refractivity contribution >= 4 is 27.5 Å². The Kier molecular flexibility index (Phi) is 3.79. The molecule has 1 saturated heterocycles. The molecule has 2 rings (SSSR count). The molecule has 5 heteroatoms. The molecule has 1 amide bonds. The predicted octanol–water partition coefficient (Wildman–Crippen LogP) is 2.95. The van der Waals surface area contributed by atoms with Gasteiger partial charge in [0, 0.05) is 12.3 Å². The van der Waals surface area contributed by atoms with Crippen LogP contribution in [0.4, 0.5) is 10.1 Å². The molecule has 1 heterocycles. The summed E-state index contributed by atoms with van der Waals surface area (Å²) in [5.41, 5.74) is 0.561. The number of hydrogen-bond acceptors (Lipinski definition) is 2. The Bertz CT molecular complexity index is 439. The van der Waals surface area contributed by atoms with Crippen LogP contribution in [-0.2, 0) is 9.53 Å². The largest absolute Gasteiger partial charge is 0.368 e. The van der Waals surface area contributed by atoms with Crippen molar-refractivity contribution in [3.8, 4) is 0 Å². The van der Waals surface area contributed by atoms with Crippen LogP contribution in [0.1, 0.15) is 13.3 Å². The molecule has 92 valence electrons. The average molecular weight is 302 g/mol. The fraction of sp³-hybridized carbons (Fsp3) is 0.417. The molecular formula is C12H13BrFNO2. The summed E-state index contributed by atoms with van der Waals surface area (Å²) in [7, 11) is 0. The number of halogens is 2. The number of ether oxygens (including phenoxy) is 1. The van der Waals surface area contributed by atoms with Gasteiger partial charge >= 0.3 is 0 Å². The van der Waals surface area contributed by atoms with Crippen LogP contribution in [0, 0.1) is 11.7 Å². The minimum atomic E-state index is -0.404. The van der Waals surface area contributed by atoms with Crippen molar-refractivity contribution in [1.82, 2.24) is 0 Å². The fourth-order valence-corrected chi connectivity index (χ4v) is 2.20. The summed E-state index contributed by atoms with van der Waals surface area (Å²) < 4.78 is 18.7. The van der Waals surface area contributed by atoms with Gasteiger partial charge in [0.15, 0.2) is 0 Å². The monoisotopic (exact) mass is 301 g/mol. The normalized spacial score (nSPS) is 23.7. The predicted molar refractivity (Wildman–Crippen MR) is 66.3 cm³/mol. The van der Waals surface area contributed by atoms with Gasteiger partial charge in [-0.15, -0.1) is 0 Å². The highest BCUT2D eigenvalue weighted by Crippen LogP contribution is 2.23. The molecule has 3 nitrogen and oxygen atoms in total. The molecule has 2 atom stereocenters. The Hall–Kier alpha value is -0.940. The van der Waals surface area contributed by atoms with E-state index >= 15 is 0 Å². The second kappa shape index (κ2) is 5.14. The minimum Gasteiger partial charge on any atom is -0.368 e.